The van der Waals surface area contributed by atoms with Gasteiger partial charge in [0.25, 0.3) is 5.91 Å². The fourth-order valence-electron chi connectivity index (χ4n) is 2.29. The first-order valence-electron chi connectivity index (χ1n) is 7.02. The van der Waals surface area contributed by atoms with E-state index in [9.17, 15) is 4.79 Å². The van der Waals surface area contributed by atoms with Gasteiger partial charge in [-0.15, -0.1) is 0 Å². The van der Waals surface area contributed by atoms with Crippen LogP contribution in [-0.2, 0) is 0 Å². The largest absolute Gasteiger partial charge is 0.399 e. The molecular formula is C15H26N4O. The molecule has 0 heterocycles. The summed E-state index contributed by atoms with van der Waals surface area (Å²) >= 11 is 0. The molecule has 0 aromatic heterocycles. The van der Waals surface area contributed by atoms with E-state index in [1.807, 2.05) is 0 Å². The monoisotopic (exact) mass is 278 g/mol. The zero-order valence-electron chi connectivity index (χ0n) is 12.8. The van der Waals surface area contributed by atoms with Gasteiger partial charge < -0.3 is 16.8 Å². The molecule has 112 valence electrons. The molecule has 0 radical (unpaired) electrons. The Morgan fingerprint density at radius 3 is 2.30 bits per heavy atom. The van der Waals surface area contributed by atoms with E-state index in [0.717, 1.165) is 6.54 Å². The number of nitrogen functional groups attached to an aromatic ring is 2. The maximum Gasteiger partial charge on any atom is 0.253 e. The highest BCUT2D eigenvalue weighted by Crippen LogP contribution is 2.15. The van der Waals surface area contributed by atoms with Crippen molar-refractivity contribution >= 4 is 17.3 Å². The molecule has 1 aromatic carbocycles. The number of carbonyl (C=O) groups is 1. The lowest BCUT2D eigenvalue weighted by Crippen LogP contribution is -2.42. The van der Waals surface area contributed by atoms with E-state index in [1.54, 1.807) is 18.2 Å². The van der Waals surface area contributed by atoms with Gasteiger partial charge >= 0.3 is 0 Å². The van der Waals surface area contributed by atoms with Crippen molar-refractivity contribution in [2.45, 2.75) is 39.8 Å². The first-order chi connectivity index (χ1) is 9.32. The van der Waals surface area contributed by atoms with E-state index in [-0.39, 0.29) is 5.91 Å². The van der Waals surface area contributed by atoms with Gasteiger partial charge in [-0.1, -0.05) is 0 Å². The highest BCUT2D eigenvalue weighted by Gasteiger charge is 2.14. The molecule has 0 spiro atoms. The summed E-state index contributed by atoms with van der Waals surface area (Å²) in [6.07, 6.45) is 0. The summed E-state index contributed by atoms with van der Waals surface area (Å²) in [5, 5.41) is 2.90. The Balaban J connectivity index is 2.55. The molecule has 5 heteroatoms. The van der Waals surface area contributed by atoms with E-state index in [2.05, 4.69) is 37.9 Å². The second-order valence-corrected chi connectivity index (χ2v) is 5.53. The van der Waals surface area contributed by atoms with E-state index in [4.69, 9.17) is 11.5 Å². The van der Waals surface area contributed by atoms with Crippen molar-refractivity contribution in [1.82, 2.24) is 10.2 Å². The van der Waals surface area contributed by atoms with Crippen LogP contribution < -0.4 is 16.8 Å². The average molecular weight is 278 g/mol. The molecule has 0 aliphatic rings. The molecule has 0 atom stereocenters. The Bertz CT molecular complexity index is 449. The number of amides is 1. The molecule has 1 rings (SSSR count). The number of hydrogen-bond acceptors (Lipinski definition) is 4. The molecule has 5 nitrogen and oxygen atoms in total. The van der Waals surface area contributed by atoms with Gasteiger partial charge in [-0.05, 0) is 45.9 Å². The summed E-state index contributed by atoms with van der Waals surface area (Å²) in [6.45, 7) is 10.0. The van der Waals surface area contributed by atoms with Crippen LogP contribution in [0.1, 0.15) is 38.1 Å². The predicted octanol–water partition coefficient (Wildman–Crippen LogP) is 1.70. The van der Waals surface area contributed by atoms with Crippen LogP contribution >= 0.6 is 0 Å². The smallest absolute Gasteiger partial charge is 0.253 e. The molecule has 1 aromatic rings. The Labute approximate surface area is 121 Å². The minimum atomic E-state index is -0.157. The van der Waals surface area contributed by atoms with E-state index in [0.29, 0.717) is 35.6 Å². The second kappa shape index (κ2) is 7.14. The maximum absolute atomic E-state index is 12.0. The van der Waals surface area contributed by atoms with Gasteiger partial charge in [-0.3, -0.25) is 9.69 Å². The number of anilines is 2. The molecular weight excluding hydrogens is 252 g/mol. The van der Waals surface area contributed by atoms with Gasteiger partial charge in [0.2, 0.25) is 0 Å². The number of rotatable bonds is 6. The lowest BCUT2D eigenvalue weighted by Gasteiger charge is -2.30. The van der Waals surface area contributed by atoms with Crippen molar-refractivity contribution in [2.24, 2.45) is 0 Å². The van der Waals surface area contributed by atoms with Crippen molar-refractivity contribution in [1.29, 1.82) is 0 Å². The van der Waals surface area contributed by atoms with Crippen molar-refractivity contribution in [3.8, 4) is 0 Å². The van der Waals surface area contributed by atoms with Gasteiger partial charge in [-0.25, -0.2) is 0 Å². The maximum atomic E-state index is 12.0. The highest BCUT2D eigenvalue weighted by molar-refractivity contribution is 5.99. The molecule has 0 unspecified atom stereocenters. The molecule has 20 heavy (non-hydrogen) atoms. The first kappa shape index (κ1) is 16.3. The normalized spacial score (nSPS) is 11.3. The fraction of sp³-hybridized carbons (Fsp3) is 0.533. The van der Waals surface area contributed by atoms with Gasteiger partial charge in [0, 0.05) is 36.5 Å². The molecule has 0 aliphatic heterocycles. The minimum absolute atomic E-state index is 0.157. The lowest BCUT2D eigenvalue weighted by molar-refractivity contribution is 0.0940. The molecule has 1 amide bonds. The van der Waals surface area contributed by atoms with Crippen LogP contribution in [0.15, 0.2) is 18.2 Å². The summed E-state index contributed by atoms with van der Waals surface area (Å²) in [5.41, 5.74) is 12.9. The third-order valence-corrected chi connectivity index (χ3v) is 3.30. The Hall–Kier alpha value is -1.75. The zero-order chi connectivity index (χ0) is 15.3. The predicted molar refractivity (Wildman–Crippen MR) is 84.6 cm³/mol. The Morgan fingerprint density at radius 2 is 1.80 bits per heavy atom. The van der Waals surface area contributed by atoms with Gasteiger partial charge in [-0.2, -0.15) is 0 Å². The highest BCUT2D eigenvalue weighted by atomic mass is 16.1. The number of benzene rings is 1. The second-order valence-electron chi connectivity index (χ2n) is 5.53. The topological polar surface area (TPSA) is 84.4 Å². The summed E-state index contributed by atoms with van der Waals surface area (Å²) in [7, 11) is 0. The van der Waals surface area contributed by atoms with E-state index >= 15 is 0 Å². The Kier molecular flexibility index (Phi) is 5.82. The quantitative estimate of drug-likeness (QED) is 0.691. The molecule has 0 saturated carbocycles. The molecule has 5 N–H and O–H groups in total. The minimum Gasteiger partial charge on any atom is -0.399 e. The van der Waals surface area contributed by atoms with Crippen molar-refractivity contribution < 1.29 is 4.79 Å². The van der Waals surface area contributed by atoms with Crippen LogP contribution in [0.3, 0.4) is 0 Å². The van der Waals surface area contributed by atoms with Crippen molar-refractivity contribution in [3.63, 3.8) is 0 Å². The van der Waals surface area contributed by atoms with E-state index < -0.39 is 0 Å². The van der Waals surface area contributed by atoms with Gasteiger partial charge in [0.15, 0.2) is 0 Å². The lowest BCUT2D eigenvalue weighted by atomic mass is 10.1. The van der Waals surface area contributed by atoms with Crippen LogP contribution in [0.2, 0.25) is 0 Å². The summed E-state index contributed by atoms with van der Waals surface area (Å²) < 4.78 is 0. The van der Waals surface area contributed by atoms with Crippen LogP contribution in [-0.4, -0.2) is 36.0 Å². The third-order valence-electron chi connectivity index (χ3n) is 3.30. The molecule has 0 bridgehead atoms. The number of nitrogens with two attached hydrogens (primary N) is 2. The SMILES string of the molecule is CC(C)N(CCNC(=O)c1ccc(N)cc1N)C(C)C. The zero-order valence-corrected chi connectivity index (χ0v) is 12.8. The summed E-state index contributed by atoms with van der Waals surface area (Å²) in [4.78, 5) is 14.4. The number of nitrogens with zero attached hydrogens (tertiary/aromatic N) is 1. The number of nitrogens with one attached hydrogen (secondary N) is 1. The standard InChI is InChI=1S/C15H26N4O/c1-10(2)19(11(3)4)8-7-18-15(20)13-6-5-12(16)9-14(13)17/h5-6,9-11H,7-8,16-17H2,1-4H3,(H,18,20). The average Bonchev–Trinajstić information content (AvgIpc) is 2.33. The Morgan fingerprint density at radius 1 is 1.20 bits per heavy atom. The van der Waals surface area contributed by atoms with Crippen molar-refractivity contribution in [3.05, 3.63) is 23.8 Å². The molecule has 0 aliphatic carbocycles. The van der Waals surface area contributed by atoms with Crippen molar-refractivity contribution in [2.75, 3.05) is 24.6 Å². The van der Waals surface area contributed by atoms with Crippen LogP contribution in [0.25, 0.3) is 0 Å². The van der Waals surface area contributed by atoms with Crippen LogP contribution in [0, 0.1) is 0 Å². The summed E-state index contributed by atoms with van der Waals surface area (Å²) in [5.74, 6) is -0.157. The number of hydrogen-bond donors (Lipinski definition) is 3. The van der Waals surface area contributed by atoms with Crippen LogP contribution in [0.5, 0.6) is 0 Å². The van der Waals surface area contributed by atoms with Crippen LogP contribution in [0.4, 0.5) is 11.4 Å². The first-order valence-corrected chi connectivity index (χ1v) is 7.02. The van der Waals surface area contributed by atoms with Gasteiger partial charge in [0.05, 0.1) is 5.56 Å². The third kappa shape index (κ3) is 4.42. The molecule has 0 fully saturated rings. The summed E-state index contributed by atoms with van der Waals surface area (Å²) in [6, 6.07) is 5.84. The van der Waals surface area contributed by atoms with E-state index in [1.165, 1.54) is 0 Å². The molecule has 0 saturated heterocycles. The number of carbonyl (C=O) groups excluding carboxylic acids is 1. The fourth-order valence-corrected chi connectivity index (χ4v) is 2.29. The van der Waals surface area contributed by atoms with Gasteiger partial charge in [0.1, 0.15) is 0 Å².